The van der Waals surface area contributed by atoms with Gasteiger partial charge in [-0.2, -0.15) is 0 Å². The number of hydrogen-bond acceptors (Lipinski definition) is 3. The molecule has 1 aliphatic rings. The molecule has 0 spiro atoms. The molecule has 0 bridgehead atoms. The first kappa shape index (κ1) is 15.4. The summed E-state index contributed by atoms with van der Waals surface area (Å²) < 4.78 is 0. The lowest BCUT2D eigenvalue weighted by Crippen LogP contribution is -2.32. The highest BCUT2D eigenvalue weighted by Crippen LogP contribution is 2.41. The Kier molecular flexibility index (Phi) is 4.21. The first-order valence-electron chi connectivity index (χ1n) is 7.17. The predicted molar refractivity (Wildman–Crippen MR) is 79.4 cm³/mol. The monoisotopic (exact) mass is 291 g/mol. The van der Waals surface area contributed by atoms with Gasteiger partial charge in [0.25, 0.3) is 0 Å². The molecule has 21 heavy (non-hydrogen) atoms. The molecule has 0 radical (unpaired) electrons. The second-order valence-electron chi connectivity index (χ2n) is 5.97. The van der Waals surface area contributed by atoms with Gasteiger partial charge in [0.1, 0.15) is 5.75 Å². The molecular weight excluding hydrogens is 270 g/mol. The standard InChI is InChI=1S/C16H21NO4/c1-10-8-13(18)11(2)7-12(10)17-14(19)9-16(15(20)21)5-3-4-6-16/h7-8,18H,3-6,9H2,1-2H3,(H,17,19)(H,20,21). The maximum absolute atomic E-state index is 12.2. The highest BCUT2D eigenvalue weighted by Gasteiger charge is 2.42. The van der Waals surface area contributed by atoms with E-state index in [1.54, 1.807) is 26.0 Å². The summed E-state index contributed by atoms with van der Waals surface area (Å²) in [5.74, 6) is -0.982. The number of nitrogens with one attached hydrogen (secondary N) is 1. The van der Waals surface area contributed by atoms with Crippen molar-refractivity contribution in [3.8, 4) is 5.75 Å². The number of aromatic hydroxyl groups is 1. The Bertz CT molecular complexity index is 574. The van der Waals surface area contributed by atoms with Crippen molar-refractivity contribution in [1.29, 1.82) is 0 Å². The molecule has 1 fully saturated rings. The first-order chi connectivity index (χ1) is 9.84. The van der Waals surface area contributed by atoms with Crippen molar-refractivity contribution in [2.75, 3.05) is 5.32 Å². The van der Waals surface area contributed by atoms with Crippen molar-refractivity contribution in [2.45, 2.75) is 46.0 Å². The van der Waals surface area contributed by atoms with E-state index in [9.17, 15) is 19.8 Å². The minimum absolute atomic E-state index is 0.00168. The average molecular weight is 291 g/mol. The number of carboxylic acid groups (broad SMARTS) is 1. The van der Waals surface area contributed by atoms with Crippen LogP contribution in [0.2, 0.25) is 0 Å². The molecular formula is C16H21NO4. The van der Waals surface area contributed by atoms with Crippen LogP contribution in [0, 0.1) is 19.3 Å². The second kappa shape index (κ2) is 5.76. The van der Waals surface area contributed by atoms with Crippen LogP contribution in [0.25, 0.3) is 0 Å². The van der Waals surface area contributed by atoms with Gasteiger partial charge in [0.15, 0.2) is 0 Å². The smallest absolute Gasteiger partial charge is 0.310 e. The van der Waals surface area contributed by atoms with E-state index in [-0.39, 0.29) is 18.1 Å². The van der Waals surface area contributed by atoms with Gasteiger partial charge in [0.05, 0.1) is 5.41 Å². The second-order valence-corrected chi connectivity index (χ2v) is 5.97. The Labute approximate surface area is 124 Å². The number of carbonyl (C=O) groups is 2. The lowest BCUT2D eigenvalue weighted by Gasteiger charge is -2.23. The fourth-order valence-electron chi connectivity index (χ4n) is 2.96. The van der Waals surface area contributed by atoms with Crippen LogP contribution in [0.15, 0.2) is 12.1 Å². The Morgan fingerprint density at radius 2 is 1.81 bits per heavy atom. The largest absolute Gasteiger partial charge is 0.508 e. The van der Waals surface area contributed by atoms with Crippen LogP contribution >= 0.6 is 0 Å². The van der Waals surface area contributed by atoms with E-state index in [0.717, 1.165) is 18.4 Å². The molecule has 1 amide bonds. The Morgan fingerprint density at radius 1 is 1.19 bits per heavy atom. The highest BCUT2D eigenvalue weighted by atomic mass is 16.4. The van der Waals surface area contributed by atoms with Crippen LogP contribution in [-0.2, 0) is 9.59 Å². The molecule has 0 saturated heterocycles. The van der Waals surface area contributed by atoms with Gasteiger partial charge < -0.3 is 15.5 Å². The van der Waals surface area contributed by atoms with Gasteiger partial charge in [-0.15, -0.1) is 0 Å². The number of hydrogen-bond donors (Lipinski definition) is 3. The number of aryl methyl sites for hydroxylation is 2. The molecule has 5 heteroatoms. The summed E-state index contributed by atoms with van der Waals surface area (Å²) in [5.41, 5.74) is 1.13. The molecule has 1 aromatic carbocycles. The van der Waals surface area contributed by atoms with Crippen LogP contribution in [0.4, 0.5) is 5.69 Å². The molecule has 114 valence electrons. The van der Waals surface area contributed by atoms with Crippen molar-refractivity contribution in [1.82, 2.24) is 0 Å². The molecule has 1 aromatic rings. The normalized spacial score (nSPS) is 16.7. The highest BCUT2D eigenvalue weighted by molar-refractivity contribution is 5.95. The molecule has 0 aromatic heterocycles. The third kappa shape index (κ3) is 3.17. The maximum atomic E-state index is 12.2. The number of aliphatic carboxylic acids is 1. The molecule has 1 saturated carbocycles. The van der Waals surface area contributed by atoms with E-state index in [2.05, 4.69) is 5.32 Å². The van der Waals surface area contributed by atoms with Crippen molar-refractivity contribution in [3.63, 3.8) is 0 Å². The average Bonchev–Trinajstić information content (AvgIpc) is 2.85. The number of anilines is 1. The van der Waals surface area contributed by atoms with Gasteiger partial charge in [0, 0.05) is 12.1 Å². The summed E-state index contributed by atoms with van der Waals surface area (Å²) >= 11 is 0. The minimum Gasteiger partial charge on any atom is -0.508 e. The van der Waals surface area contributed by atoms with Gasteiger partial charge in [-0.1, -0.05) is 12.8 Å². The molecule has 0 heterocycles. The van der Waals surface area contributed by atoms with E-state index in [1.165, 1.54) is 0 Å². The molecule has 3 N–H and O–H groups in total. The van der Waals surface area contributed by atoms with Crippen LogP contribution in [-0.4, -0.2) is 22.1 Å². The van der Waals surface area contributed by atoms with E-state index in [1.807, 2.05) is 0 Å². The fourth-order valence-corrected chi connectivity index (χ4v) is 2.96. The molecule has 2 rings (SSSR count). The Morgan fingerprint density at radius 3 is 2.38 bits per heavy atom. The summed E-state index contributed by atoms with van der Waals surface area (Å²) in [5, 5.41) is 21.8. The van der Waals surface area contributed by atoms with Crippen LogP contribution in [0.5, 0.6) is 5.75 Å². The Hall–Kier alpha value is -2.04. The molecule has 0 aliphatic heterocycles. The predicted octanol–water partition coefficient (Wildman–Crippen LogP) is 2.98. The quantitative estimate of drug-likeness (QED) is 0.744. The van der Waals surface area contributed by atoms with E-state index < -0.39 is 11.4 Å². The zero-order chi connectivity index (χ0) is 15.6. The SMILES string of the molecule is Cc1cc(NC(=O)CC2(C(=O)O)CCCC2)c(C)cc1O. The van der Waals surface area contributed by atoms with Gasteiger partial charge in [-0.3, -0.25) is 9.59 Å². The summed E-state index contributed by atoms with van der Waals surface area (Å²) in [6.45, 7) is 3.54. The van der Waals surface area contributed by atoms with E-state index in [4.69, 9.17) is 0 Å². The summed E-state index contributed by atoms with van der Waals surface area (Å²) in [6.07, 6.45) is 2.84. The Balaban J connectivity index is 2.12. The lowest BCUT2D eigenvalue weighted by molar-refractivity contribution is -0.150. The van der Waals surface area contributed by atoms with Gasteiger partial charge in [-0.25, -0.2) is 0 Å². The lowest BCUT2D eigenvalue weighted by atomic mass is 9.82. The number of amides is 1. The third-order valence-electron chi connectivity index (χ3n) is 4.33. The van der Waals surface area contributed by atoms with E-state index in [0.29, 0.717) is 24.1 Å². The maximum Gasteiger partial charge on any atom is 0.310 e. The molecule has 5 nitrogen and oxygen atoms in total. The zero-order valence-electron chi connectivity index (χ0n) is 12.4. The molecule has 1 aliphatic carbocycles. The van der Waals surface area contributed by atoms with Crippen molar-refractivity contribution in [3.05, 3.63) is 23.3 Å². The van der Waals surface area contributed by atoms with Gasteiger partial charge >= 0.3 is 5.97 Å². The number of benzene rings is 1. The number of phenolic OH excluding ortho intramolecular Hbond substituents is 1. The van der Waals surface area contributed by atoms with Crippen molar-refractivity contribution in [2.24, 2.45) is 5.41 Å². The van der Waals surface area contributed by atoms with Gasteiger partial charge in [0.2, 0.25) is 5.91 Å². The van der Waals surface area contributed by atoms with Crippen LogP contribution in [0.3, 0.4) is 0 Å². The van der Waals surface area contributed by atoms with Crippen molar-refractivity contribution < 1.29 is 19.8 Å². The summed E-state index contributed by atoms with van der Waals surface area (Å²) in [7, 11) is 0. The van der Waals surface area contributed by atoms with Gasteiger partial charge in [-0.05, 0) is 49.9 Å². The third-order valence-corrected chi connectivity index (χ3v) is 4.33. The minimum atomic E-state index is -0.913. The molecule has 0 unspecified atom stereocenters. The number of carbonyl (C=O) groups excluding carboxylic acids is 1. The van der Waals surface area contributed by atoms with Crippen LogP contribution in [0.1, 0.15) is 43.2 Å². The zero-order valence-corrected chi connectivity index (χ0v) is 12.4. The number of phenols is 1. The first-order valence-corrected chi connectivity index (χ1v) is 7.17. The number of rotatable bonds is 4. The molecule has 0 atom stereocenters. The number of carboxylic acids is 1. The fraction of sp³-hybridized carbons (Fsp3) is 0.500. The summed E-state index contributed by atoms with van der Waals surface area (Å²) in [6, 6.07) is 3.29. The van der Waals surface area contributed by atoms with E-state index >= 15 is 0 Å². The van der Waals surface area contributed by atoms with Crippen molar-refractivity contribution >= 4 is 17.6 Å². The topological polar surface area (TPSA) is 86.6 Å². The summed E-state index contributed by atoms with van der Waals surface area (Å²) in [4.78, 5) is 23.7. The van der Waals surface area contributed by atoms with Crippen LogP contribution < -0.4 is 5.32 Å².